The van der Waals surface area contributed by atoms with Gasteiger partial charge < -0.3 is 5.73 Å². The van der Waals surface area contributed by atoms with Gasteiger partial charge in [-0.15, -0.1) is 23.1 Å². The Bertz CT molecular complexity index is 599. The second kappa shape index (κ2) is 6.34. The molecule has 1 heterocycles. The average Bonchev–Trinajstić information content (AvgIpc) is 2.80. The van der Waals surface area contributed by atoms with Gasteiger partial charge in [-0.25, -0.2) is 4.98 Å². The lowest BCUT2D eigenvalue weighted by atomic mass is 10.3. The lowest BCUT2D eigenvalue weighted by Crippen LogP contribution is -2.10. The highest BCUT2D eigenvalue weighted by Gasteiger charge is 2.36. The molecule has 2 nitrogen and oxygen atoms in total. The van der Waals surface area contributed by atoms with E-state index in [-0.39, 0.29) is 11.4 Å². The number of benzene rings is 1. The molecule has 0 aliphatic rings. The average molecular weight is 339 g/mol. The van der Waals surface area contributed by atoms with E-state index >= 15 is 0 Å². The van der Waals surface area contributed by atoms with E-state index in [0.717, 1.165) is 16.2 Å². The van der Waals surface area contributed by atoms with E-state index in [2.05, 4.69) is 4.98 Å². The molecule has 1 aromatic carbocycles. The number of thiazole rings is 1. The summed E-state index contributed by atoms with van der Waals surface area (Å²) in [6.45, 7) is -0.158. The van der Waals surface area contributed by atoms with E-state index in [1.807, 2.05) is 6.07 Å². The molecule has 1 aromatic heterocycles. The largest absolute Gasteiger partial charge is 0.434 e. The Morgan fingerprint density at radius 1 is 1.35 bits per heavy atom. The fourth-order valence-corrected chi connectivity index (χ4v) is 3.69. The lowest BCUT2D eigenvalue weighted by molar-refractivity contribution is -0.141. The Hall–Kier alpha value is -0.760. The zero-order valence-electron chi connectivity index (χ0n) is 10.1. The molecule has 0 fully saturated rings. The van der Waals surface area contributed by atoms with E-state index in [4.69, 9.17) is 17.3 Å². The first-order chi connectivity index (χ1) is 9.40. The molecule has 0 amide bonds. The Kier molecular flexibility index (Phi) is 4.95. The smallest absolute Gasteiger partial charge is 0.326 e. The summed E-state index contributed by atoms with van der Waals surface area (Å²) < 4.78 is 38.2. The number of nitrogens with two attached hydrogens (primary N) is 1. The van der Waals surface area contributed by atoms with Gasteiger partial charge in [0.05, 0.1) is 10.6 Å². The van der Waals surface area contributed by atoms with Gasteiger partial charge in [0.1, 0.15) is 5.01 Å². The summed E-state index contributed by atoms with van der Waals surface area (Å²) >= 11 is 8.23. The number of alkyl halides is 3. The quantitative estimate of drug-likeness (QED) is 0.830. The zero-order chi connectivity index (χ0) is 14.8. The number of thioether (sulfide) groups is 1. The van der Waals surface area contributed by atoms with E-state index in [0.29, 0.717) is 15.8 Å². The van der Waals surface area contributed by atoms with Gasteiger partial charge in [0.15, 0.2) is 5.69 Å². The van der Waals surface area contributed by atoms with E-state index in [9.17, 15) is 13.2 Å². The van der Waals surface area contributed by atoms with Crippen LogP contribution in [0, 0.1) is 0 Å². The van der Waals surface area contributed by atoms with Gasteiger partial charge in [-0.1, -0.05) is 17.7 Å². The number of halogens is 4. The fourth-order valence-electron chi connectivity index (χ4n) is 1.52. The van der Waals surface area contributed by atoms with Gasteiger partial charge >= 0.3 is 6.18 Å². The molecule has 20 heavy (non-hydrogen) atoms. The van der Waals surface area contributed by atoms with Gasteiger partial charge in [-0.2, -0.15) is 13.2 Å². The summed E-state index contributed by atoms with van der Waals surface area (Å²) in [7, 11) is 0. The Labute approximate surface area is 127 Å². The number of nitrogens with zero attached hydrogens (tertiary/aromatic N) is 1. The number of hydrogen-bond acceptors (Lipinski definition) is 4. The third-order valence-corrected chi connectivity index (χ3v) is 4.85. The fraction of sp³-hybridized carbons (Fsp3) is 0.250. The minimum atomic E-state index is -4.45. The summed E-state index contributed by atoms with van der Waals surface area (Å²) in [5, 5.41) is 0.996. The van der Waals surface area contributed by atoms with Crippen molar-refractivity contribution in [2.24, 2.45) is 5.73 Å². The Morgan fingerprint density at radius 2 is 2.10 bits per heavy atom. The van der Waals surface area contributed by atoms with Crippen LogP contribution in [0.25, 0.3) is 0 Å². The van der Waals surface area contributed by atoms with E-state index in [1.54, 1.807) is 18.2 Å². The summed E-state index contributed by atoms with van der Waals surface area (Å²) in [4.78, 5) is 4.60. The zero-order valence-corrected chi connectivity index (χ0v) is 12.5. The molecule has 0 saturated heterocycles. The van der Waals surface area contributed by atoms with Crippen LogP contribution in [0.1, 0.15) is 15.6 Å². The van der Waals surface area contributed by atoms with Crippen molar-refractivity contribution in [2.45, 2.75) is 23.4 Å². The molecule has 2 N–H and O–H groups in total. The highest BCUT2D eigenvalue weighted by atomic mass is 35.5. The van der Waals surface area contributed by atoms with Gasteiger partial charge in [0, 0.05) is 16.5 Å². The Morgan fingerprint density at radius 3 is 2.65 bits per heavy atom. The van der Waals surface area contributed by atoms with Crippen molar-refractivity contribution in [3.05, 3.63) is 44.9 Å². The van der Waals surface area contributed by atoms with Crippen molar-refractivity contribution in [2.75, 3.05) is 0 Å². The third-order valence-electron chi connectivity index (χ3n) is 2.35. The molecule has 0 unspecified atom stereocenters. The first-order valence-electron chi connectivity index (χ1n) is 5.54. The first-order valence-corrected chi connectivity index (χ1v) is 7.72. The lowest BCUT2D eigenvalue weighted by Gasteiger charge is -2.03. The van der Waals surface area contributed by atoms with Crippen LogP contribution in [0.3, 0.4) is 0 Å². The highest BCUT2D eigenvalue weighted by Crippen LogP contribution is 2.36. The molecule has 108 valence electrons. The molecule has 0 aliphatic carbocycles. The molecule has 0 saturated carbocycles. The van der Waals surface area contributed by atoms with Crippen molar-refractivity contribution in [3.63, 3.8) is 0 Å². The van der Waals surface area contributed by atoms with Crippen molar-refractivity contribution < 1.29 is 13.2 Å². The molecule has 0 aliphatic heterocycles. The summed E-state index contributed by atoms with van der Waals surface area (Å²) in [6, 6.07) is 7.13. The monoisotopic (exact) mass is 338 g/mol. The molecule has 0 bridgehead atoms. The van der Waals surface area contributed by atoms with Crippen LogP contribution in [0.2, 0.25) is 5.02 Å². The molecular weight excluding hydrogens is 329 g/mol. The second-order valence-corrected chi connectivity index (χ2v) is 6.48. The van der Waals surface area contributed by atoms with Crippen LogP contribution in [0.4, 0.5) is 13.2 Å². The maximum Gasteiger partial charge on any atom is 0.434 e. The van der Waals surface area contributed by atoms with Gasteiger partial charge in [-0.3, -0.25) is 0 Å². The maximum absolute atomic E-state index is 12.7. The van der Waals surface area contributed by atoms with Gasteiger partial charge in [-0.05, 0) is 18.2 Å². The first kappa shape index (κ1) is 15.6. The summed E-state index contributed by atoms with van der Waals surface area (Å²) in [6.07, 6.45) is -4.45. The van der Waals surface area contributed by atoms with Gasteiger partial charge in [0.25, 0.3) is 0 Å². The van der Waals surface area contributed by atoms with E-state index < -0.39 is 11.9 Å². The number of rotatable bonds is 4. The van der Waals surface area contributed by atoms with Crippen molar-refractivity contribution in [1.29, 1.82) is 0 Å². The molecular formula is C12H10ClF3N2S2. The standard InChI is InChI=1S/C12H10ClF3N2S2/c13-7-2-1-3-8(4-7)19-6-10-18-11(12(14,15)16)9(5-17)20-10/h1-4H,5-6,17H2. The molecule has 2 aromatic rings. The minimum absolute atomic E-state index is 0.0687. The number of aromatic nitrogens is 1. The molecule has 2 rings (SSSR count). The van der Waals surface area contributed by atoms with Crippen molar-refractivity contribution in [3.8, 4) is 0 Å². The van der Waals surface area contributed by atoms with Crippen molar-refractivity contribution in [1.82, 2.24) is 4.98 Å². The third kappa shape index (κ3) is 3.88. The normalized spacial score (nSPS) is 11.8. The van der Waals surface area contributed by atoms with Crippen LogP contribution < -0.4 is 5.73 Å². The predicted molar refractivity (Wildman–Crippen MR) is 76.0 cm³/mol. The van der Waals surface area contributed by atoms with Crippen LogP contribution >= 0.6 is 34.7 Å². The summed E-state index contributed by atoms with van der Waals surface area (Å²) in [5.74, 6) is 0.355. The van der Waals surface area contributed by atoms with Crippen LogP contribution in [0.15, 0.2) is 29.2 Å². The number of hydrogen-bond donors (Lipinski definition) is 1. The molecule has 0 spiro atoms. The maximum atomic E-state index is 12.7. The predicted octanol–water partition coefficient (Wildman–Crippen LogP) is 4.57. The Balaban J connectivity index is 2.12. The summed E-state index contributed by atoms with van der Waals surface area (Å²) in [5.41, 5.74) is 4.47. The minimum Gasteiger partial charge on any atom is -0.326 e. The van der Waals surface area contributed by atoms with Gasteiger partial charge in [0.2, 0.25) is 0 Å². The van der Waals surface area contributed by atoms with Crippen LogP contribution in [0.5, 0.6) is 0 Å². The molecule has 8 heteroatoms. The van der Waals surface area contributed by atoms with Crippen molar-refractivity contribution >= 4 is 34.7 Å². The second-order valence-electron chi connectivity index (χ2n) is 3.83. The molecule has 0 atom stereocenters. The SMILES string of the molecule is NCc1sc(CSc2cccc(Cl)c2)nc1C(F)(F)F. The van der Waals surface area contributed by atoms with Crippen LogP contribution in [-0.2, 0) is 18.5 Å². The molecule has 0 radical (unpaired) electrons. The van der Waals surface area contributed by atoms with Crippen LogP contribution in [-0.4, -0.2) is 4.98 Å². The van der Waals surface area contributed by atoms with E-state index in [1.165, 1.54) is 11.8 Å². The highest BCUT2D eigenvalue weighted by molar-refractivity contribution is 7.98. The topological polar surface area (TPSA) is 38.9 Å².